The maximum Gasteiger partial charge on any atom is 0.412 e. The summed E-state index contributed by atoms with van der Waals surface area (Å²) in [6, 6.07) is 5.94. The molecule has 1 amide bonds. The third kappa shape index (κ3) is 1.77. The predicted octanol–water partition coefficient (Wildman–Crippen LogP) is 3.07. The minimum Gasteiger partial charge on any atom is -0.465 e. The molecule has 0 radical (unpaired) electrons. The van der Waals surface area contributed by atoms with E-state index in [0.717, 1.165) is 18.5 Å². The minimum atomic E-state index is -0.897. The fourth-order valence-corrected chi connectivity index (χ4v) is 2.11. The van der Waals surface area contributed by atoms with E-state index in [4.69, 9.17) is 0 Å². The van der Waals surface area contributed by atoms with Crippen molar-refractivity contribution in [2.45, 2.75) is 39.2 Å². The summed E-state index contributed by atoms with van der Waals surface area (Å²) in [6.07, 6.45) is 1.30. The van der Waals surface area contributed by atoms with E-state index >= 15 is 0 Å². The molecule has 0 saturated heterocycles. The fraction of sp³-hybridized carbons (Fsp3) is 0.462. The van der Waals surface area contributed by atoms with Gasteiger partial charge in [-0.15, -0.1) is 0 Å². The van der Waals surface area contributed by atoms with Crippen molar-refractivity contribution in [2.75, 3.05) is 4.90 Å². The van der Waals surface area contributed by atoms with Crippen molar-refractivity contribution in [1.82, 2.24) is 0 Å². The molecule has 1 N–H and O–H groups in total. The Kier molecular flexibility index (Phi) is 2.41. The monoisotopic (exact) mass is 219 g/mol. The van der Waals surface area contributed by atoms with E-state index < -0.39 is 11.6 Å². The van der Waals surface area contributed by atoms with Crippen molar-refractivity contribution in [3.63, 3.8) is 0 Å². The maximum atomic E-state index is 11.3. The summed E-state index contributed by atoms with van der Waals surface area (Å²) in [6.45, 7) is 5.71. The van der Waals surface area contributed by atoms with Crippen molar-refractivity contribution in [3.05, 3.63) is 29.3 Å². The largest absolute Gasteiger partial charge is 0.465 e. The molecule has 0 atom stereocenters. The van der Waals surface area contributed by atoms with Crippen LogP contribution in [0.3, 0.4) is 0 Å². The topological polar surface area (TPSA) is 40.5 Å². The molecule has 0 saturated carbocycles. The van der Waals surface area contributed by atoms with Crippen molar-refractivity contribution in [2.24, 2.45) is 0 Å². The summed E-state index contributed by atoms with van der Waals surface area (Å²) in [5.74, 6) is 0. The van der Waals surface area contributed by atoms with Gasteiger partial charge in [-0.25, -0.2) is 4.79 Å². The molecule has 1 aliphatic rings. The Labute approximate surface area is 95.7 Å². The molecule has 0 bridgehead atoms. The summed E-state index contributed by atoms with van der Waals surface area (Å²) in [5, 5.41) is 9.27. The molecule has 1 aromatic rings. The second-order valence-electron chi connectivity index (χ2n) is 5.24. The Balaban J connectivity index is 2.39. The Morgan fingerprint density at radius 3 is 2.25 bits per heavy atom. The molecule has 3 nitrogen and oxygen atoms in total. The molecule has 16 heavy (non-hydrogen) atoms. The molecule has 86 valence electrons. The maximum absolute atomic E-state index is 11.3. The van der Waals surface area contributed by atoms with Crippen LogP contribution < -0.4 is 4.90 Å². The van der Waals surface area contributed by atoms with Crippen LogP contribution in [0, 0.1) is 0 Å². The van der Waals surface area contributed by atoms with Gasteiger partial charge in [-0.2, -0.15) is 0 Å². The van der Waals surface area contributed by atoms with E-state index in [9.17, 15) is 9.90 Å². The van der Waals surface area contributed by atoms with Crippen LogP contribution in [0.1, 0.15) is 31.9 Å². The van der Waals surface area contributed by atoms with Gasteiger partial charge in [0.2, 0.25) is 0 Å². The highest BCUT2D eigenvalue weighted by Gasteiger charge is 2.28. The number of fused-ring (bicyclic) bond motifs is 1. The summed E-state index contributed by atoms with van der Waals surface area (Å²) < 4.78 is 0. The average molecular weight is 219 g/mol. The van der Waals surface area contributed by atoms with Gasteiger partial charge < -0.3 is 5.11 Å². The minimum absolute atomic E-state index is 0.413. The van der Waals surface area contributed by atoms with E-state index in [0.29, 0.717) is 0 Å². The SMILES string of the molecule is CC(C)(C)N(C(=O)O)c1ccc2c(c1)CC2. The number of hydrogen-bond donors (Lipinski definition) is 1. The molecule has 1 aromatic carbocycles. The zero-order chi connectivity index (χ0) is 11.9. The van der Waals surface area contributed by atoms with Gasteiger partial charge in [-0.05, 0) is 56.9 Å². The van der Waals surface area contributed by atoms with Gasteiger partial charge in [0.05, 0.1) is 0 Å². The number of amides is 1. The first-order chi connectivity index (χ1) is 7.39. The molecule has 0 fully saturated rings. The Bertz CT molecular complexity index is 432. The van der Waals surface area contributed by atoms with E-state index in [-0.39, 0.29) is 0 Å². The summed E-state index contributed by atoms with van der Waals surface area (Å²) in [4.78, 5) is 12.7. The van der Waals surface area contributed by atoms with Gasteiger partial charge in [-0.1, -0.05) is 6.07 Å². The van der Waals surface area contributed by atoms with Gasteiger partial charge in [-0.3, -0.25) is 4.90 Å². The third-order valence-corrected chi connectivity index (χ3v) is 2.97. The quantitative estimate of drug-likeness (QED) is 0.788. The van der Waals surface area contributed by atoms with E-state index in [1.54, 1.807) is 0 Å². The molecule has 0 unspecified atom stereocenters. The lowest BCUT2D eigenvalue weighted by Crippen LogP contribution is -2.45. The lowest BCUT2D eigenvalue weighted by molar-refractivity contribution is 0.195. The lowest BCUT2D eigenvalue weighted by atomic mass is 9.88. The number of carbonyl (C=O) groups is 1. The lowest BCUT2D eigenvalue weighted by Gasteiger charge is -2.34. The Morgan fingerprint density at radius 1 is 1.25 bits per heavy atom. The molecule has 0 aliphatic heterocycles. The predicted molar refractivity (Wildman–Crippen MR) is 64.1 cm³/mol. The summed E-state index contributed by atoms with van der Waals surface area (Å²) >= 11 is 0. The Morgan fingerprint density at radius 2 is 1.88 bits per heavy atom. The van der Waals surface area contributed by atoms with Crippen LogP contribution in [-0.4, -0.2) is 16.7 Å². The normalized spacial score (nSPS) is 13.9. The number of rotatable bonds is 1. The zero-order valence-corrected chi connectivity index (χ0v) is 9.95. The number of hydrogen-bond acceptors (Lipinski definition) is 1. The fourth-order valence-electron chi connectivity index (χ4n) is 2.11. The molecule has 1 aliphatic carbocycles. The molecular weight excluding hydrogens is 202 g/mol. The van der Waals surface area contributed by atoms with Crippen LogP contribution in [0.2, 0.25) is 0 Å². The molecular formula is C13H17NO2. The molecule has 2 rings (SSSR count). The highest BCUT2D eigenvalue weighted by Crippen LogP contribution is 2.30. The Hall–Kier alpha value is -1.51. The highest BCUT2D eigenvalue weighted by molar-refractivity contribution is 5.87. The first kappa shape index (κ1) is 11.0. The molecule has 3 heteroatoms. The summed E-state index contributed by atoms with van der Waals surface area (Å²) in [5.41, 5.74) is 3.00. The van der Waals surface area contributed by atoms with Gasteiger partial charge in [0.15, 0.2) is 0 Å². The van der Waals surface area contributed by atoms with Crippen LogP contribution in [0.15, 0.2) is 18.2 Å². The van der Waals surface area contributed by atoms with Gasteiger partial charge in [0, 0.05) is 11.2 Å². The second-order valence-corrected chi connectivity index (χ2v) is 5.24. The number of aryl methyl sites for hydroxylation is 2. The number of anilines is 1. The first-order valence-electron chi connectivity index (χ1n) is 5.54. The van der Waals surface area contributed by atoms with Crippen molar-refractivity contribution in [1.29, 1.82) is 0 Å². The second kappa shape index (κ2) is 3.51. The zero-order valence-electron chi connectivity index (χ0n) is 9.95. The van der Waals surface area contributed by atoms with Crippen LogP contribution in [0.4, 0.5) is 10.5 Å². The van der Waals surface area contributed by atoms with Crippen molar-refractivity contribution >= 4 is 11.8 Å². The van der Waals surface area contributed by atoms with E-state index in [1.807, 2.05) is 39.0 Å². The van der Waals surface area contributed by atoms with Gasteiger partial charge in [0.1, 0.15) is 0 Å². The first-order valence-corrected chi connectivity index (χ1v) is 5.54. The highest BCUT2D eigenvalue weighted by atomic mass is 16.4. The van der Waals surface area contributed by atoms with E-state index in [2.05, 4.69) is 0 Å². The van der Waals surface area contributed by atoms with Crippen LogP contribution >= 0.6 is 0 Å². The third-order valence-electron chi connectivity index (χ3n) is 2.97. The number of benzene rings is 1. The number of nitrogens with zero attached hydrogens (tertiary/aromatic N) is 1. The average Bonchev–Trinajstić information content (AvgIpc) is 2.06. The standard InChI is InChI=1S/C13H17NO2/c1-13(2,3)14(12(15)16)11-7-6-9-4-5-10(9)8-11/h6-8H,4-5H2,1-3H3,(H,15,16). The summed E-state index contributed by atoms with van der Waals surface area (Å²) in [7, 11) is 0. The number of carboxylic acid groups (broad SMARTS) is 1. The van der Waals surface area contributed by atoms with Crippen molar-refractivity contribution in [3.8, 4) is 0 Å². The molecule has 0 spiro atoms. The van der Waals surface area contributed by atoms with Crippen LogP contribution in [0.25, 0.3) is 0 Å². The van der Waals surface area contributed by atoms with Crippen LogP contribution in [-0.2, 0) is 12.8 Å². The van der Waals surface area contributed by atoms with Crippen LogP contribution in [0.5, 0.6) is 0 Å². The van der Waals surface area contributed by atoms with E-state index in [1.165, 1.54) is 16.0 Å². The smallest absolute Gasteiger partial charge is 0.412 e. The van der Waals surface area contributed by atoms with Gasteiger partial charge >= 0.3 is 6.09 Å². The van der Waals surface area contributed by atoms with Crippen molar-refractivity contribution < 1.29 is 9.90 Å². The molecule has 0 heterocycles. The van der Waals surface area contributed by atoms with Gasteiger partial charge in [0.25, 0.3) is 0 Å². The molecule has 0 aromatic heterocycles.